The normalized spacial score (nSPS) is 15.3. The molecular weight excluding hydrogens is 385 g/mol. The summed E-state index contributed by atoms with van der Waals surface area (Å²) in [5.74, 6) is -0.452. The summed E-state index contributed by atoms with van der Waals surface area (Å²) >= 11 is 1.61. The lowest BCUT2D eigenvalue weighted by atomic mass is 10.1. The van der Waals surface area contributed by atoms with Crippen LogP contribution in [0.15, 0.2) is 84.4 Å². The first-order valence-electron chi connectivity index (χ1n) is 9.33. The number of carbonyl (C=O) groups excluding carboxylic acids is 1. The number of urea groups is 1. The highest BCUT2D eigenvalue weighted by molar-refractivity contribution is 7.10. The Labute approximate surface area is 171 Å². The topological polar surface area (TPSA) is 37.3 Å². The molecule has 1 atom stereocenters. The average Bonchev–Trinajstić information content (AvgIpc) is 3.41. The number of thiophene rings is 1. The van der Waals surface area contributed by atoms with Crippen LogP contribution in [0.4, 0.5) is 14.9 Å². The van der Waals surface area contributed by atoms with Crippen molar-refractivity contribution in [3.63, 3.8) is 0 Å². The number of hydrogen-bond acceptors (Lipinski definition) is 2. The molecule has 0 spiro atoms. The van der Waals surface area contributed by atoms with Crippen LogP contribution in [0.3, 0.4) is 0 Å². The Bertz CT molecular complexity index is 1170. The van der Waals surface area contributed by atoms with Gasteiger partial charge in [0.15, 0.2) is 0 Å². The highest BCUT2D eigenvalue weighted by atomic mass is 32.1. The van der Waals surface area contributed by atoms with Gasteiger partial charge in [0.05, 0.1) is 23.6 Å². The molecule has 0 bridgehead atoms. The van der Waals surface area contributed by atoms with Crippen LogP contribution in [-0.4, -0.2) is 15.5 Å². The number of amides is 2. The molecule has 4 nitrogen and oxygen atoms in total. The quantitative estimate of drug-likeness (QED) is 0.450. The van der Waals surface area contributed by atoms with Crippen LogP contribution in [0.2, 0.25) is 0 Å². The van der Waals surface area contributed by atoms with Gasteiger partial charge in [0.25, 0.3) is 0 Å². The van der Waals surface area contributed by atoms with Crippen LogP contribution >= 0.6 is 11.3 Å². The number of aromatic nitrogens is 1. The van der Waals surface area contributed by atoms with Gasteiger partial charge in [-0.3, -0.25) is 0 Å². The molecule has 1 aliphatic heterocycles. The van der Waals surface area contributed by atoms with Gasteiger partial charge >= 0.3 is 6.03 Å². The fraction of sp³-hybridized carbons (Fsp3) is 0.0870. The Morgan fingerprint density at radius 3 is 2.66 bits per heavy atom. The standard InChI is InChI=1S/C23H18FN3OS/c24-17-8-2-3-9-18(17)25-23(28)27-15-16-7-1-4-10-19(16)26-13-5-11-20(26)22(27)21-12-6-14-29-21/h1-14,22H,15H2,(H,25,28)/t22-/m1/s1. The van der Waals surface area contributed by atoms with Crippen LogP contribution in [0, 0.1) is 5.82 Å². The second-order valence-corrected chi connectivity index (χ2v) is 7.87. The molecule has 2 aromatic carbocycles. The maximum absolute atomic E-state index is 14.2. The number of carbonyl (C=O) groups is 1. The van der Waals surface area contributed by atoms with Crippen molar-refractivity contribution in [1.29, 1.82) is 0 Å². The van der Waals surface area contributed by atoms with Gasteiger partial charge in [0, 0.05) is 11.1 Å². The molecular formula is C23H18FN3OS. The van der Waals surface area contributed by atoms with Crippen molar-refractivity contribution in [3.8, 4) is 5.69 Å². The molecule has 0 radical (unpaired) electrons. The van der Waals surface area contributed by atoms with Gasteiger partial charge in [-0.1, -0.05) is 36.4 Å². The molecule has 0 aliphatic carbocycles. The number of fused-ring (bicyclic) bond motifs is 3. The number of hydrogen-bond donors (Lipinski definition) is 1. The zero-order valence-electron chi connectivity index (χ0n) is 15.5. The van der Waals surface area contributed by atoms with Crippen LogP contribution < -0.4 is 5.32 Å². The Hall–Kier alpha value is -3.38. The predicted molar refractivity (Wildman–Crippen MR) is 113 cm³/mol. The maximum atomic E-state index is 14.2. The summed E-state index contributed by atoms with van der Waals surface area (Å²) in [5.41, 5.74) is 3.26. The average molecular weight is 403 g/mol. The molecule has 0 saturated heterocycles. The van der Waals surface area contributed by atoms with E-state index in [1.807, 2.05) is 54.0 Å². The van der Waals surface area contributed by atoms with Crippen LogP contribution in [0.5, 0.6) is 0 Å². The van der Waals surface area contributed by atoms with Gasteiger partial charge < -0.3 is 14.8 Å². The predicted octanol–water partition coefficient (Wildman–Crippen LogP) is 5.82. The molecule has 144 valence electrons. The number of nitrogens with one attached hydrogen (secondary N) is 1. The lowest BCUT2D eigenvalue weighted by Gasteiger charge is -2.30. The molecule has 1 N–H and O–H groups in total. The minimum Gasteiger partial charge on any atom is -0.318 e. The molecule has 0 unspecified atom stereocenters. The first kappa shape index (κ1) is 17.7. The van der Waals surface area contributed by atoms with Crippen molar-refractivity contribution in [2.75, 3.05) is 5.32 Å². The van der Waals surface area contributed by atoms with Gasteiger partial charge in [-0.25, -0.2) is 9.18 Å². The molecule has 6 heteroatoms. The molecule has 2 amide bonds. The third-order valence-corrected chi connectivity index (χ3v) is 6.08. The van der Waals surface area contributed by atoms with Crippen molar-refractivity contribution < 1.29 is 9.18 Å². The molecule has 4 aromatic rings. The van der Waals surface area contributed by atoms with Crippen molar-refractivity contribution in [1.82, 2.24) is 9.47 Å². The molecule has 3 heterocycles. The number of para-hydroxylation sites is 2. The van der Waals surface area contributed by atoms with E-state index in [9.17, 15) is 9.18 Å². The largest absolute Gasteiger partial charge is 0.323 e. The smallest absolute Gasteiger partial charge is 0.318 e. The van der Waals surface area contributed by atoms with Crippen molar-refractivity contribution in [2.24, 2.45) is 0 Å². The fourth-order valence-electron chi connectivity index (χ4n) is 3.84. The SMILES string of the molecule is O=C(Nc1ccccc1F)N1Cc2ccccc2-n2cccc2[C@@H]1c1cccs1. The zero-order valence-corrected chi connectivity index (χ0v) is 16.3. The minimum atomic E-state index is -0.452. The second kappa shape index (κ2) is 7.22. The number of benzene rings is 2. The number of halogens is 1. The zero-order chi connectivity index (χ0) is 19.8. The molecule has 0 saturated carbocycles. The summed E-state index contributed by atoms with van der Waals surface area (Å²) in [6.07, 6.45) is 2.02. The van der Waals surface area contributed by atoms with E-state index in [1.165, 1.54) is 6.07 Å². The van der Waals surface area contributed by atoms with Crippen LogP contribution in [0.25, 0.3) is 5.69 Å². The molecule has 1 aliphatic rings. The summed E-state index contributed by atoms with van der Waals surface area (Å²) in [6, 6.07) is 21.7. The van der Waals surface area contributed by atoms with E-state index in [1.54, 1.807) is 34.4 Å². The highest BCUT2D eigenvalue weighted by Crippen LogP contribution is 2.38. The number of anilines is 1. The third-order valence-electron chi connectivity index (χ3n) is 5.15. The number of rotatable bonds is 2. The molecule has 0 fully saturated rings. The van der Waals surface area contributed by atoms with Crippen molar-refractivity contribution in [3.05, 3.63) is 106 Å². The lowest BCUT2D eigenvalue weighted by Crippen LogP contribution is -2.37. The fourth-order valence-corrected chi connectivity index (χ4v) is 4.68. The van der Waals surface area contributed by atoms with Gasteiger partial charge in [-0.05, 0) is 47.3 Å². The Morgan fingerprint density at radius 2 is 1.83 bits per heavy atom. The van der Waals surface area contributed by atoms with E-state index in [4.69, 9.17) is 0 Å². The van der Waals surface area contributed by atoms with E-state index in [-0.39, 0.29) is 17.8 Å². The summed E-state index contributed by atoms with van der Waals surface area (Å²) in [6.45, 7) is 0.417. The number of nitrogens with zero attached hydrogens (tertiary/aromatic N) is 2. The van der Waals surface area contributed by atoms with E-state index >= 15 is 0 Å². The summed E-state index contributed by atoms with van der Waals surface area (Å²) in [7, 11) is 0. The van der Waals surface area contributed by atoms with Gasteiger partial charge in [0.2, 0.25) is 0 Å². The van der Waals surface area contributed by atoms with Gasteiger partial charge in [-0.2, -0.15) is 0 Å². The van der Waals surface area contributed by atoms with E-state index < -0.39 is 5.82 Å². The van der Waals surface area contributed by atoms with E-state index in [0.29, 0.717) is 6.54 Å². The summed E-state index contributed by atoms with van der Waals surface area (Å²) in [4.78, 5) is 16.2. The van der Waals surface area contributed by atoms with E-state index in [2.05, 4.69) is 16.0 Å². The third kappa shape index (κ3) is 3.11. The summed E-state index contributed by atoms with van der Waals surface area (Å²) < 4.78 is 16.3. The minimum absolute atomic E-state index is 0.176. The van der Waals surface area contributed by atoms with Crippen molar-refractivity contribution >= 4 is 23.1 Å². The lowest BCUT2D eigenvalue weighted by molar-refractivity contribution is 0.195. The van der Waals surface area contributed by atoms with Gasteiger partial charge in [-0.15, -0.1) is 11.3 Å². The Morgan fingerprint density at radius 1 is 1.00 bits per heavy atom. The van der Waals surface area contributed by atoms with Crippen LogP contribution in [0.1, 0.15) is 22.2 Å². The monoisotopic (exact) mass is 403 g/mol. The Kier molecular flexibility index (Phi) is 4.41. The van der Waals surface area contributed by atoms with Gasteiger partial charge in [0.1, 0.15) is 11.9 Å². The second-order valence-electron chi connectivity index (χ2n) is 6.89. The molecule has 5 rings (SSSR count). The highest BCUT2D eigenvalue weighted by Gasteiger charge is 2.33. The first-order valence-corrected chi connectivity index (χ1v) is 10.2. The molecule has 29 heavy (non-hydrogen) atoms. The Balaban J connectivity index is 1.63. The van der Waals surface area contributed by atoms with Crippen molar-refractivity contribution in [2.45, 2.75) is 12.6 Å². The van der Waals surface area contributed by atoms with E-state index in [0.717, 1.165) is 21.8 Å². The molecule has 2 aromatic heterocycles. The maximum Gasteiger partial charge on any atom is 0.323 e. The van der Waals surface area contributed by atoms with Crippen LogP contribution in [-0.2, 0) is 6.54 Å². The summed E-state index contributed by atoms with van der Waals surface area (Å²) in [5, 5.41) is 4.77. The first-order chi connectivity index (χ1) is 14.2.